The van der Waals surface area contributed by atoms with E-state index in [1.165, 1.54) is 0 Å². The number of hydrogen-bond donors (Lipinski definition) is 2. The molecule has 128 valence electrons. The summed E-state index contributed by atoms with van der Waals surface area (Å²) in [6.45, 7) is 0.610. The van der Waals surface area contributed by atoms with Crippen LogP contribution in [0.4, 0.5) is 14.5 Å². The number of carbonyl (C=O) groups excluding carboxylic acids is 1. The van der Waals surface area contributed by atoms with E-state index in [1.807, 2.05) is 0 Å². The summed E-state index contributed by atoms with van der Waals surface area (Å²) in [7, 11) is 0. The first-order valence-electron chi connectivity index (χ1n) is 7.25. The van der Waals surface area contributed by atoms with E-state index in [0.717, 1.165) is 5.69 Å². The lowest BCUT2D eigenvalue weighted by Crippen LogP contribution is -2.46. The van der Waals surface area contributed by atoms with Gasteiger partial charge < -0.3 is 16.4 Å². The van der Waals surface area contributed by atoms with Gasteiger partial charge in [-0.2, -0.15) is 8.78 Å². The Labute approximate surface area is 140 Å². The molecule has 0 radical (unpaired) electrons. The van der Waals surface area contributed by atoms with Crippen molar-refractivity contribution in [2.45, 2.75) is 31.7 Å². The monoisotopic (exact) mass is 346 g/mol. The topological polar surface area (TPSA) is 85.2 Å². The maximum atomic E-state index is 12.5. The molecule has 0 unspecified atom stereocenters. The zero-order chi connectivity index (χ0) is 16.1. The fourth-order valence-corrected chi connectivity index (χ4v) is 2.43. The molecular weight excluding hydrogens is 326 g/mol. The highest BCUT2D eigenvalue weighted by Crippen LogP contribution is 2.22. The number of carbonyl (C=O) groups is 1. The molecule has 0 aromatic carbocycles. The molecule has 1 aliphatic rings. The number of likely N-dealkylation sites (tertiary alicyclic amines) is 1. The minimum Gasteiger partial charge on any atom is -0.397 e. The van der Waals surface area contributed by atoms with E-state index in [2.05, 4.69) is 4.98 Å². The van der Waals surface area contributed by atoms with Crippen LogP contribution in [0, 0.1) is 0 Å². The van der Waals surface area contributed by atoms with Crippen LogP contribution in [0.3, 0.4) is 0 Å². The third-order valence-corrected chi connectivity index (χ3v) is 3.82. The molecule has 8 heteroatoms. The van der Waals surface area contributed by atoms with E-state index in [4.69, 9.17) is 11.5 Å². The summed E-state index contributed by atoms with van der Waals surface area (Å²) in [6.07, 6.45) is 1.43. The van der Waals surface area contributed by atoms with Crippen molar-refractivity contribution in [3.8, 4) is 0 Å². The number of rotatable bonds is 4. The van der Waals surface area contributed by atoms with Gasteiger partial charge in [0, 0.05) is 18.8 Å². The highest BCUT2D eigenvalue weighted by Gasteiger charge is 2.25. The fraction of sp³-hybridized carbons (Fsp3) is 0.467. The van der Waals surface area contributed by atoms with Crippen molar-refractivity contribution in [2.75, 3.05) is 18.8 Å². The number of anilines is 1. The molecule has 1 saturated heterocycles. The van der Waals surface area contributed by atoms with Crippen LogP contribution in [-0.4, -0.2) is 34.9 Å². The average Bonchev–Trinajstić information content (AvgIpc) is 2.53. The van der Waals surface area contributed by atoms with Crippen LogP contribution in [0.1, 0.15) is 25.0 Å². The van der Waals surface area contributed by atoms with Crippen LogP contribution >= 0.6 is 12.4 Å². The van der Waals surface area contributed by atoms with Gasteiger partial charge in [-0.25, -0.2) is 0 Å². The zero-order valence-corrected chi connectivity index (χ0v) is 13.5. The fourth-order valence-electron chi connectivity index (χ4n) is 2.43. The van der Waals surface area contributed by atoms with Crippen LogP contribution in [0.2, 0.25) is 0 Å². The molecule has 1 amide bonds. The van der Waals surface area contributed by atoms with Crippen LogP contribution < -0.4 is 11.5 Å². The van der Waals surface area contributed by atoms with Crippen LogP contribution in [0.5, 0.6) is 0 Å². The Kier molecular flexibility index (Phi) is 7.38. The van der Waals surface area contributed by atoms with Crippen molar-refractivity contribution in [3.63, 3.8) is 0 Å². The Balaban J connectivity index is 0.00000264. The number of aromatic nitrogens is 1. The molecule has 0 spiro atoms. The highest BCUT2D eigenvalue weighted by molar-refractivity contribution is 5.85. The first kappa shape index (κ1) is 19.3. The Hall–Kier alpha value is -1.73. The van der Waals surface area contributed by atoms with E-state index < -0.39 is 12.1 Å². The lowest BCUT2D eigenvalue weighted by atomic mass is 10.0. The average molecular weight is 347 g/mol. The molecule has 1 atom stereocenters. The number of nitrogen functional groups attached to an aromatic ring is 1. The van der Waals surface area contributed by atoms with E-state index in [1.54, 1.807) is 23.2 Å². The molecule has 2 heterocycles. The second kappa shape index (κ2) is 8.79. The van der Waals surface area contributed by atoms with Crippen molar-refractivity contribution in [3.05, 3.63) is 35.7 Å². The highest BCUT2D eigenvalue weighted by atomic mass is 35.5. The first-order chi connectivity index (χ1) is 10.5. The number of halogens is 3. The molecule has 1 aromatic rings. The molecule has 0 saturated carbocycles. The van der Waals surface area contributed by atoms with E-state index in [9.17, 15) is 13.6 Å². The summed E-state index contributed by atoms with van der Waals surface area (Å²) >= 11 is 0. The molecular formula is C15H21ClF2N4O. The number of hydrogen-bond acceptors (Lipinski definition) is 4. The van der Waals surface area contributed by atoms with Gasteiger partial charge in [0.1, 0.15) is 0 Å². The minimum atomic E-state index is -1.62. The van der Waals surface area contributed by atoms with Crippen molar-refractivity contribution in [1.29, 1.82) is 0 Å². The van der Waals surface area contributed by atoms with Gasteiger partial charge in [0.15, 0.2) is 0 Å². The summed E-state index contributed by atoms with van der Waals surface area (Å²) in [5.41, 5.74) is 13.0. The van der Waals surface area contributed by atoms with Gasteiger partial charge in [0.05, 0.1) is 17.9 Å². The van der Waals surface area contributed by atoms with Gasteiger partial charge >= 0.3 is 0 Å². The summed E-state index contributed by atoms with van der Waals surface area (Å²) < 4.78 is 25.0. The van der Waals surface area contributed by atoms with E-state index in [0.29, 0.717) is 31.6 Å². The van der Waals surface area contributed by atoms with Crippen molar-refractivity contribution < 1.29 is 13.6 Å². The van der Waals surface area contributed by atoms with Crippen molar-refractivity contribution in [2.24, 2.45) is 5.73 Å². The maximum absolute atomic E-state index is 12.5. The lowest BCUT2D eigenvalue weighted by molar-refractivity contribution is -0.133. The number of amides is 1. The van der Waals surface area contributed by atoms with Crippen LogP contribution in [0.25, 0.3) is 0 Å². The second-order valence-electron chi connectivity index (χ2n) is 5.42. The summed E-state index contributed by atoms with van der Waals surface area (Å²) in [5.74, 6) is -0.186. The SMILES string of the molecule is Cl.Nc1ccc(CC[C@H](N)C(=O)N2CCC(=C(F)F)CC2)nc1. The van der Waals surface area contributed by atoms with Gasteiger partial charge in [-0.3, -0.25) is 9.78 Å². The molecule has 1 fully saturated rings. The van der Waals surface area contributed by atoms with Gasteiger partial charge in [-0.05, 0) is 43.4 Å². The molecule has 1 aliphatic heterocycles. The smallest absolute Gasteiger partial charge is 0.269 e. The van der Waals surface area contributed by atoms with Gasteiger partial charge in [-0.1, -0.05) is 0 Å². The third-order valence-electron chi connectivity index (χ3n) is 3.82. The van der Waals surface area contributed by atoms with Crippen LogP contribution in [0.15, 0.2) is 30.0 Å². The lowest BCUT2D eigenvalue weighted by Gasteiger charge is -2.30. The Morgan fingerprint density at radius 1 is 1.30 bits per heavy atom. The summed E-state index contributed by atoms with van der Waals surface area (Å²) in [4.78, 5) is 17.9. The number of aryl methyl sites for hydroxylation is 1. The number of nitrogens with zero attached hydrogens (tertiary/aromatic N) is 2. The molecule has 0 bridgehead atoms. The van der Waals surface area contributed by atoms with E-state index >= 15 is 0 Å². The third kappa shape index (κ3) is 5.44. The van der Waals surface area contributed by atoms with Gasteiger partial charge in [0.2, 0.25) is 5.91 Å². The zero-order valence-electron chi connectivity index (χ0n) is 12.7. The summed E-state index contributed by atoms with van der Waals surface area (Å²) in [5, 5.41) is 0. The molecule has 0 aliphatic carbocycles. The Morgan fingerprint density at radius 3 is 2.48 bits per heavy atom. The standard InChI is InChI=1S/C15H20F2N4O.ClH/c16-14(17)10-5-7-21(8-6-10)15(22)13(19)4-3-12-2-1-11(18)9-20-12;/h1-2,9,13H,3-8,18-19H2;1H/t13-;/m0./s1. The predicted octanol–water partition coefficient (Wildman–Crippen LogP) is 2.12. The molecule has 23 heavy (non-hydrogen) atoms. The minimum absolute atomic E-state index is 0. The van der Waals surface area contributed by atoms with Crippen molar-refractivity contribution >= 4 is 24.0 Å². The number of pyridine rings is 1. The predicted molar refractivity (Wildman–Crippen MR) is 87.2 cm³/mol. The Bertz CT molecular complexity index is 551. The molecule has 1 aromatic heterocycles. The molecule has 2 rings (SSSR count). The first-order valence-corrected chi connectivity index (χ1v) is 7.25. The number of piperidine rings is 1. The van der Waals surface area contributed by atoms with Gasteiger partial charge in [0.25, 0.3) is 6.08 Å². The van der Waals surface area contributed by atoms with Crippen molar-refractivity contribution in [1.82, 2.24) is 9.88 Å². The maximum Gasteiger partial charge on any atom is 0.269 e. The largest absolute Gasteiger partial charge is 0.397 e. The van der Waals surface area contributed by atoms with Crippen LogP contribution in [-0.2, 0) is 11.2 Å². The quantitative estimate of drug-likeness (QED) is 0.874. The Morgan fingerprint density at radius 2 is 1.96 bits per heavy atom. The number of nitrogens with two attached hydrogens (primary N) is 2. The second-order valence-corrected chi connectivity index (χ2v) is 5.42. The molecule has 4 N–H and O–H groups in total. The molecule has 5 nitrogen and oxygen atoms in total. The summed E-state index contributed by atoms with van der Waals surface area (Å²) in [6, 6.07) is 2.91. The van der Waals surface area contributed by atoms with Gasteiger partial charge in [-0.15, -0.1) is 12.4 Å². The normalized spacial score (nSPS) is 15.8. The van der Waals surface area contributed by atoms with E-state index in [-0.39, 0.29) is 36.7 Å².